The van der Waals surface area contributed by atoms with Crippen LogP contribution in [0.3, 0.4) is 0 Å². The van der Waals surface area contributed by atoms with Crippen LogP contribution >= 0.6 is 0 Å². The fraction of sp³-hybridized carbons (Fsp3) is 0.286. The number of nitriles is 1. The van der Waals surface area contributed by atoms with Gasteiger partial charge >= 0.3 is 5.97 Å². The number of hydrogen-bond acceptors (Lipinski definition) is 6. The number of amides is 2. The smallest absolute Gasteiger partial charge is 0.325 e. The van der Waals surface area contributed by atoms with Gasteiger partial charge in [0.15, 0.2) is 0 Å². The second kappa shape index (κ2) is 9.19. The molecule has 2 aliphatic rings. The standard InChI is InChI=1S/C28H26N4O4/c1-30-12-13-32-25(33)22-23(26(32)34)28(27(35)36,31-24(22)21-9-5-4-8-20(21)16-29)15-17-10-11-18-6-2-3-7-19(18)14-17/h2-11,14,22-24,30-31H,12-13,15H2,1H3,(H,35,36). The van der Waals surface area contributed by atoms with E-state index < -0.39 is 41.2 Å². The Hall–Kier alpha value is -4.06. The predicted molar refractivity (Wildman–Crippen MR) is 133 cm³/mol. The lowest BCUT2D eigenvalue weighted by atomic mass is 9.76. The Balaban J connectivity index is 1.64. The molecule has 8 heteroatoms. The summed E-state index contributed by atoms with van der Waals surface area (Å²) in [5.74, 6) is -4.14. The molecule has 36 heavy (non-hydrogen) atoms. The summed E-state index contributed by atoms with van der Waals surface area (Å²) < 4.78 is 0. The molecule has 5 rings (SSSR count). The third-order valence-corrected chi connectivity index (χ3v) is 7.43. The van der Waals surface area contributed by atoms with E-state index in [1.807, 2.05) is 42.5 Å². The monoisotopic (exact) mass is 482 g/mol. The maximum absolute atomic E-state index is 13.7. The van der Waals surface area contributed by atoms with Gasteiger partial charge in [-0.25, -0.2) is 0 Å². The summed E-state index contributed by atoms with van der Waals surface area (Å²) in [7, 11) is 1.72. The van der Waals surface area contributed by atoms with Gasteiger partial charge in [-0.3, -0.25) is 24.6 Å². The third-order valence-electron chi connectivity index (χ3n) is 7.43. The highest BCUT2D eigenvalue weighted by Crippen LogP contribution is 2.50. The molecule has 0 bridgehead atoms. The van der Waals surface area contributed by atoms with Crippen molar-refractivity contribution in [2.24, 2.45) is 11.8 Å². The number of imide groups is 1. The highest BCUT2D eigenvalue weighted by Gasteiger charge is 2.68. The highest BCUT2D eigenvalue weighted by molar-refractivity contribution is 6.09. The van der Waals surface area contributed by atoms with Crippen LogP contribution in [0.4, 0.5) is 0 Å². The molecule has 182 valence electrons. The second-order valence-electron chi connectivity index (χ2n) is 9.39. The number of carboxylic acid groups (broad SMARTS) is 1. The van der Waals surface area contributed by atoms with Gasteiger partial charge in [0.05, 0.1) is 23.5 Å². The summed E-state index contributed by atoms with van der Waals surface area (Å²) in [6.07, 6.45) is 0.0123. The minimum Gasteiger partial charge on any atom is -0.480 e. The van der Waals surface area contributed by atoms with Gasteiger partial charge in [-0.2, -0.15) is 5.26 Å². The van der Waals surface area contributed by atoms with Gasteiger partial charge < -0.3 is 10.4 Å². The van der Waals surface area contributed by atoms with Crippen LogP contribution in [0.1, 0.15) is 22.7 Å². The average Bonchev–Trinajstić information content (AvgIpc) is 3.36. The minimum atomic E-state index is -1.72. The lowest BCUT2D eigenvalue weighted by Crippen LogP contribution is -2.57. The maximum atomic E-state index is 13.7. The van der Waals surface area contributed by atoms with Crippen LogP contribution in [0.5, 0.6) is 0 Å². The van der Waals surface area contributed by atoms with E-state index in [2.05, 4.69) is 16.7 Å². The number of carbonyl (C=O) groups excluding carboxylic acids is 2. The minimum absolute atomic E-state index is 0.0123. The topological polar surface area (TPSA) is 123 Å². The SMILES string of the molecule is CNCCN1C(=O)C2C(c3ccccc3C#N)NC(Cc3ccc4ccccc4c3)(C(=O)O)C2C1=O. The largest absolute Gasteiger partial charge is 0.480 e. The number of carboxylic acids is 1. The third kappa shape index (κ3) is 3.65. The number of carbonyl (C=O) groups is 3. The first kappa shape index (κ1) is 23.7. The number of aliphatic carboxylic acids is 1. The summed E-state index contributed by atoms with van der Waals surface area (Å²) in [5, 5.41) is 28.5. The fourth-order valence-corrected chi connectivity index (χ4v) is 5.75. The molecule has 0 saturated carbocycles. The van der Waals surface area contributed by atoms with E-state index in [-0.39, 0.29) is 13.0 Å². The Morgan fingerprint density at radius 3 is 2.53 bits per heavy atom. The van der Waals surface area contributed by atoms with Crippen LogP contribution in [0.2, 0.25) is 0 Å². The van der Waals surface area contributed by atoms with Gasteiger partial charge in [-0.15, -0.1) is 0 Å². The van der Waals surface area contributed by atoms with Gasteiger partial charge in [-0.05, 0) is 35.0 Å². The molecular formula is C28H26N4O4. The van der Waals surface area contributed by atoms with Crippen LogP contribution in [0.25, 0.3) is 10.8 Å². The highest BCUT2D eigenvalue weighted by atomic mass is 16.4. The Labute approximate surface area is 208 Å². The molecule has 0 aromatic heterocycles. The van der Waals surface area contributed by atoms with Crippen LogP contribution in [-0.2, 0) is 20.8 Å². The zero-order valence-electron chi connectivity index (χ0n) is 19.8. The van der Waals surface area contributed by atoms with Crippen molar-refractivity contribution in [2.75, 3.05) is 20.1 Å². The zero-order chi connectivity index (χ0) is 25.4. The Morgan fingerprint density at radius 1 is 1.08 bits per heavy atom. The molecule has 4 unspecified atom stereocenters. The molecule has 0 spiro atoms. The normalized spacial score (nSPS) is 25.2. The molecule has 2 saturated heterocycles. The van der Waals surface area contributed by atoms with Crippen molar-refractivity contribution in [3.8, 4) is 6.07 Å². The Kier molecular flexibility index (Phi) is 6.04. The summed E-state index contributed by atoms with van der Waals surface area (Å²) in [6, 6.07) is 21.7. The molecular weight excluding hydrogens is 456 g/mol. The zero-order valence-corrected chi connectivity index (χ0v) is 19.8. The van der Waals surface area contributed by atoms with Crippen molar-refractivity contribution in [3.05, 3.63) is 83.4 Å². The van der Waals surface area contributed by atoms with E-state index in [1.165, 1.54) is 4.90 Å². The number of nitrogens with one attached hydrogen (secondary N) is 2. The molecule has 0 radical (unpaired) electrons. The summed E-state index contributed by atoms with van der Waals surface area (Å²) >= 11 is 0. The number of likely N-dealkylation sites (N-methyl/N-ethyl adjacent to an activating group) is 1. The maximum Gasteiger partial charge on any atom is 0.325 e. The number of fused-ring (bicyclic) bond motifs is 2. The van der Waals surface area contributed by atoms with Crippen molar-refractivity contribution in [1.29, 1.82) is 5.26 Å². The molecule has 3 aromatic rings. The first-order valence-electron chi connectivity index (χ1n) is 11.9. The van der Waals surface area contributed by atoms with Crippen LogP contribution in [0, 0.1) is 23.2 Å². The van der Waals surface area contributed by atoms with Gasteiger partial charge in [-0.1, -0.05) is 60.7 Å². The Morgan fingerprint density at radius 2 is 1.81 bits per heavy atom. The van der Waals surface area contributed by atoms with Gasteiger partial charge in [0.25, 0.3) is 0 Å². The quantitative estimate of drug-likeness (QED) is 0.442. The molecule has 2 amide bonds. The first-order valence-corrected chi connectivity index (χ1v) is 11.9. The summed E-state index contributed by atoms with van der Waals surface area (Å²) in [5.41, 5.74) is -0.116. The first-order chi connectivity index (χ1) is 17.4. The summed E-state index contributed by atoms with van der Waals surface area (Å²) in [6.45, 7) is 0.550. The van der Waals surface area contributed by atoms with E-state index in [1.54, 1.807) is 31.3 Å². The van der Waals surface area contributed by atoms with Crippen LogP contribution < -0.4 is 10.6 Å². The predicted octanol–water partition coefficient (Wildman–Crippen LogP) is 2.24. The molecule has 2 aliphatic heterocycles. The molecule has 8 nitrogen and oxygen atoms in total. The van der Waals surface area contributed by atoms with E-state index in [9.17, 15) is 24.8 Å². The number of rotatable bonds is 7. The van der Waals surface area contributed by atoms with Crippen molar-refractivity contribution in [3.63, 3.8) is 0 Å². The number of likely N-dealkylation sites (tertiary alicyclic amines) is 1. The molecule has 3 N–H and O–H groups in total. The van der Waals surface area contributed by atoms with Crippen LogP contribution in [-0.4, -0.2) is 53.5 Å². The van der Waals surface area contributed by atoms with E-state index in [4.69, 9.17) is 0 Å². The van der Waals surface area contributed by atoms with E-state index in [0.29, 0.717) is 17.7 Å². The molecule has 3 aromatic carbocycles. The van der Waals surface area contributed by atoms with Crippen molar-refractivity contribution < 1.29 is 19.5 Å². The lowest BCUT2D eigenvalue weighted by Gasteiger charge is -2.31. The van der Waals surface area contributed by atoms with E-state index in [0.717, 1.165) is 16.3 Å². The van der Waals surface area contributed by atoms with Crippen molar-refractivity contribution >= 4 is 28.6 Å². The number of nitrogens with zero attached hydrogens (tertiary/aromatic N) is 2. The summed E-state index contributed by atoms with van der Waals surface area (Å²) in [4.78, 5) is 41.4. The second-order valence-corrected chi connectivity index (χ2v) is 9.39. The van der Waals surface area contributed by atoms with Crippen LogP contribution in [0.15, 0.2) is 66.7 Å². The molecule has 4 atom stereocenters. The van der Waals surface area contributed by atoms with Gasteiger partial charge in [0.2, 0.25) is 11.8 Å². The van der Waals surface area contributed by atoms with Crippen molar-refractivity contribution in [1.82, 2.24) is 15.5 Å². The molecule has 2 fully saturated rings. The van der Waals surface area contributed by atoms with Crippen molar-refractivity contribution in [2.45, 2.75) is 18.0 Å². The number of hydrogen-bond donors (Lipinski definition) is 3. The molecule has 2 heterocycles. The van der Waals surface area contributed by atoms with E-state index >= 15 is 0 Å². The Bertz CT molecular complexity index is 1410. The van der Waals surface area contributed by atoms with Gasteiger partial charge in [0.1, 0.15) is 5.54 Å². The fourth-order valence-electron chi connectivity index (χ4n) is 5.75. The number of benzene rings is 3. The van der Waals surface area contributed by atoms with Gasteiger partial charge in [0, 0.05) is 25.6 Å². The average molecular weight is 483 g/mol. The molecule has 0 aliphatic carbocycles. The lowest BCUT2D eigenvalue weighted by molar-refractivity contribution is -0.151.